The molecule has 8 heteroatoms. The Labute approximate surface area is 141 Å². The number of nitrogens with one attached hydrogen (secondary N) is 1. The number of primary amides is 1. The maximum atomic E-state index is 12.1. The number of carbonyl (C=O) groups excluding carboxylic acids is 2. The van der Waals surface area contributed by atoms with Crippen LogP contribution in [0.1, 0.15) is 17.3 Å². The first-order valence-electron chi connectivity index (χ1n) is 6.18. The molecule has 1 aromatic carbocycles. The van der Waals surface area contributed by atoms with Crippen LogP contribution in [0, 0.1) is 0 Å². The van der Waals surface area contributed by atoms with Gasteiger partial charge in [-0.25, -0.2) is 0 Å². The molecule has 0 bridgehead atoms. The van der Waals surface area contributed by atoms with Crippen LogP contribution >= 0.6 is 34.5 Å². The quantitative estimate of drug-likeness (QED) is 0.857. The van der Waals surface area contributed by atoms with Crippen LogP contribution in [0.15, 0.2) is 29.6 Å². The Morgan fingerprint density at radius 2 is 2.05 bits per heavy atom. The number of benzene rings is 1. The van der Waals surface area contributed by atoms with Gasteiger partial charge in [0, 0.05) is 5.02 Å². The summed E-state index contributed by atoms with van der Waals surface area (Å²) in [6.45, 7) is 1.57. The summed E-state index contributed by atoms with van der Waals surface area (Å²) in [6, 6.07) is 6.25. The van der Waals surface area contributed by atoms with Gasteiger partial charge < -0.3 is 15.8 Å². The van der Waals surface area contributed by atoms with E-state index in [1.165, 1.54) is 17.4 Å². The Bertz CT molecular complexity index is 718. The molecule has 1 aromatic heterocycles. The van der Waals surface area contributed by atoms with E-state index >= 15 is 0 Å². The number of rotatable bonds is 5. The number of hydrogen-bond donors (Lipinski definition) is 2. The lowest BCUT2D eigenvalue weighted by atomic mass is 10.3. The SMILES string of the molecule is C[C@H](Oc1ccc(Cl)cc1Cl)C(=O)Nc1sccc1C(N)=O. The molecule has 5 nitrogen and oxygen atoms in total. The largest absolute Gasteiger partial charge is 0.479 e. The van der Waals surface area contributed by atoms with Gasteiger partial charge in [-0.3, -0.25) is 9.59 Å². The van der Waals surface area contributed by atoms with Gasteiger partial charge in [0.2, 0.25) is 0 Å². The molecule has 2 aromatic rings. The molecule has 0 spiro atoms. The van der Waals surface area contributed by atoms with Crippen molar-refractivity contribution in [3.8, 4) is 5.75 Å². The summed E-state index contributed by atoms with van der Waals surface area (Å²) >= 11 is 13.0. The summed E-state index contributed by atoms with van der Waals surface area (Å²) in [4.78, 5) is 23.3. The number of anilines is 1. The summed E-state index contributed by atoms with van der Waals surface area (Å²) < 4.78 is 5.50. The third-order valence-electron chi connectivity index (χ3n) is 2.73. The molecule has 2 rings (SSSR count). The first kappa shape index (κ1) is 16.6. The van der Waals surface area contributed by atoms with Crippen LogP contribution in [0.4, 0.5) is 5.00 Å². The Balaban J connectivity index is 2.06. The molecule has 1 heterocycles. The summed E-state index contributed by atoms with van der Waals surface area (Å²) in [5.41, 5.74) is 5.48. The fourth-order valence-corrected chi connectivity index (χ4v) is 2.88. The molecule has 0 saturated heterocycles. The van der Waals surface area contributed by atoms with Gasteiger partial charge >= 0.3 is 0 Å². The Morgan fingerprint density at radius 3 is 2.68 bits per heavy atom. The van der Waals surface area contributed by atoms with Crippen LogP contribution < -0.4 is 15.8 Å². The molecule has 0 radical (unpaired) electrons. The van der Waals surface area contributed by atoms with Crippen molar-refractivity contribution in [3.63, 3.8) is 0 Å². The van der Waals surface area contributed by atoms with Gasteiger partial charge in [-0.2, -0.15) is 0 Å². The van der Waals surface area contributed by atoms with E-state index in [2.05, 4.69) is 5.32 Å². The van der Waals surface area contributed by atoms with Gasteiger partial charge in [0.25, 0.3) is 11.8 Å². The van der Waals surface area contributed by atoms with Gasteiger partial charge in [0.15, 0.2) is 6.10 Å². The van der Waals surface area contributed by atoms with Crippen LogP contribution in [-0.4, -0.2) is 17.9 Å². The first-order chi connectivity index (χ1) is 10.4. The number of hydrogen-bond acceptors (Lipinski definition) is 4. The minimum atomic E-state index is -0.818. The zero-order valence-electron chi connectivity index (χ0n) is 11.4. The monoisotopic (exact) mass is 358 g/mol. The van der Waals surface area contributed by atoms with Gasteiger partial charge in [-0.15, -0.1) is 11.3 Å². The van der Waals surface area contributed by atoms with E-state index in [0.29, 0.717) is 20.8 Å². The third-order valence-corrected chi connectivity index (χ3v) is 4.09. The van der Waals surface area contributed by atoms with Crippen LogP contribution in [0.25, 0.3) is 0 Å². The number of amides is 2. The molecule has 0 aliphatic rings. The Morgan fingerprint density at radius 1 is 1.32 bits per heavy atom. The Hall–Kier alpha value is -1.76. The number of carbonyl (C=O) groups is 2. The van der Waals surface area contributed by atoms with Gasteiger partial charge in [-0.05, 0) is 36.6 Å². The number of ether oxygens (including phenoxy) is 1. The van der Waals surface area contributed by atoms with E-state index in [0.717, 1.165) is 0 Å². The number of nitrogens with two attached hydrogens (primary N) is 1. The second kappa shape index (κ2) is 7.00. The maximum absolute atomic E-state index is 12.1. The highest BCUT2D eigenvalue weighted by Gasteiger charge is 2.19. The minimum Gasteiger partial charge on any atom is -0.479 e. The van der Waals surface area contributed by atoms with E-state index in [1.54, 1.807) is 30.5 Å². The predicted octanol–water partition coefficient (Wildman–Crippen LogP) is 3.56. The summed E-state index contributed by atoms with van der Waals surface area (Å²) in [5, 5.41) is 5.43. The van der Waals surface area contributed by atoms with Crippen molar-refractivity contribution in [1.29, 1.82) is 0 Å². The summed E-state index contributed by atoms with van der Waals surface area (Å²) in [5.74, 6) is -0.683. The zero-order valence-corrected chi connectivity index (χ0v) is 13.8. The molecule has 2 amide bonds. The highest BCUT2D eigenvalue weighted by molar-refractivity contribution is 7.14. The van der Waals surface area contributed by atoms with E-state index < -0.39 is 17.9 Å². The van der Waals surface area contributed by atoms with Crippen LogP contribution in [-0.2, 0) is 4.79 Å². The van der Waals surface area contributed by atoms with Crippen molar-refractivity contribution in [2.24, 2.45) is 5.73 Å². The van der Waals surface area contributed by atoms with Crippen LogP contribution in [0.5, 0.6) is 5.75 Å². The number of halogens is 2. The maximum Gasteiger partial charge on any atom is 0.265 e. The van der Waals surface area contributed by atoms with E-state index in [4.69, 9.17) is 33.7 Å². The molecule has 0 unspecified atom stereocenters. The van der Waals surface area contributed by atoms with Crippen molar-refractivity contribution in [2.75, 3.05) is 5.32 Å². The van der Waals surface area contributed by atoms with E-state index in [1.807, 2.05) is 0 Å². The molecular weight excluding hydrogens is 347 g/mol. The molecular formula is C14H12Cl2N2O3S. The van der Waals surface area contributed by atoms with Crippen molar-refractivity contribution < 1.29 is 14.3 Å². The standard InChI is InChI=1S/C14H12Cl2N2O3S/c1-7(21-11-3-2-8(15)6-10(11)16)13(20)18-14-9(12(17)19)4-5-22-14/h2-7H,1H3,(H2,17,19)(H,18,20)/t7-/m0/s1. The molecule has 1 atom stereocenters. The fourth-order valence-electron chi connectivity index (χ4n) is 1.63. The number of thiophene rings is 1. The molecule has 22 heavy (non-hydrogen) atoms. The van der Waals surface area contributed by atoms with Gasteiger partial charge in [0.1, 0.15) is 10.8 Å². The normalized spacial score (nSPS) is 11.8. The predicted molar refractivity (Wildman–Crippen MR) is 88.0 cm³/mol. The Kier molecular flexibility index (Phi) is 5.28. The second-order valence-electron chi connectivity index (χ2n) is 4.35. The van der Waals surface area contributed by atoms with Gasteiger partial charge in [-0.1, -0.05) is 23.2 Å². The topological polar surface area (TPSA) is 81.4 Å². The third kappa shape index (κ3) is 3.91. The molecule has 0 aliphatic carbocycles. The fraction of sp³-hybridized carbons (Fsp3) is 0.143. The van der Waals surface area contributed by atoms with E-state index in [-0.39, 0.29) is 5.56 Å². The highest BCUT2D eigenvalue weighted by atomic mass is 35.5. The average Bonchev–Trinajstić information content (AvgIpc) is 2.90. The lowest BCUT2D eigenvalue weighted by Crippen LogP contribution is -2.30. The van der Waals surface area contributed by atoms with Crippen molar-refractivity contribution in [1.82, 2.24) is 0 Å². The molecule has 116 valence electrons. The summed E-state index contributed by atoms with van der Waals surface area (Å²) in [6.07, 6.45) is -0.818. The summed E-state index contributed by atoms with van der Waals surface area (Å²) in [7, 11) is 0. The lowest BCUT2D eigenvalue weighted by Gasteiger charge is -2.15. The van der Waals surface area contributed by atoms with Gasteiger partial charge in [0.05, 0.1) is 10.6 Å². The van der Waals surface area contributed by atoms with Crippen molar-refractivity contribution >= 4 is 51.4 Å². The van der Waals surface area contributed by atoms with Crippen LogP contribution in [0.2, 0.25) is 10.0 Å². The minimum absolute atomic E-state index is 0.259. The molecule has 0 fully saturated rings. The highest BCUT2D eigenvalue weighted by Crippen LogP contribution is 2.29. The molecule has 3 N–H and O–H groups in total. The lowest BCUT2D eigenvalue weighted by molar-refractivity contribution is -0.122. The second-order valence-corrected chi connectivity index (χ2v) is 6.11. The van der Waals surface area contributed by atoms with Crippen molar-refractivity contribution in [3.05, 3.63) is 45.3 Å². The first-order valence-corrected chi connectivity index (χ1v) is 7.82. The van der Waals surface area contributed by atoms with E-state index in [9.17, 15) is 9.59 Å². The average molecular weight is 359 g/mol. The zero-order chi connectivity index (χ0) is 16.3. The smallest absolute Gasteiger partial charge is 0.265 e. The molecule has 0 saturated carbocycles. The molecule has 0 aliphatic heterocycles. The van der Waals surface area contributed by atoms with Crippen LogP contribution in [0.3, 0.4) is 0 Å². The van der Waals surface area contributed by atoms with Crippen molar-refractivity contribution in [2.45, 2.75) is 13.0 Å².